The topological polar surface area (TPSA) is 97.4 Å². The quantitative estimate of drug-likeness (QED) is 0.512. The van der Waals surface area contributed by atoms with Crippen molar-refractivity contribution in [3.63, 3.8) is 0 Å². The van der Waals surface area contributed by atoms with E-state index in [2.05, 4.69) is 15.0 Å². The van der Waals surface area contributed by atoms with E-state index in [1.165, 1.54) is 25.3 Å². The Kier molecular flexibility index (Phi) is 7.62. The highest BCUT2D eigenvalue weighted by molar-refractivity contribution is 7.89. The van der Waals surface area contributed by atoms with Gasteiger partial charge in [-0.1, -0.05) is 48.0 Å². The normalized spacial score (nSPS) is 12.2. The number of aromatic nitrogens is 1. The van der Waals surface area contributed by atoms with E-state index in [1.807, 2.05) is 36.4 Å². The van der Waals surface area contributed by atoms with Gasteiger partial charge in [0.15, 0.2) is 0 Å². The molecule has 0 spiro atoms. The minimum absolute atomic E-state index is 0.0612. The number of carbonyl (C=O) groups excluding carboxylic acids is 1. The number of hydrogen-bond acceptors (Lipinski definition) is 5. The van der Waals surface area contributed by atoms with Crippen LogP contribution in [0.1, 0.15) is 11.3 Å². The summed E-state index contributed by atoms with van der Waals surface area (Å²) in [6.07, 6.45) is 1.80. The molecule has 1 unspecified atom stereocenters. The van der Waals surface area contributed by atoms with Gasteiger partial charge in [0.25, 0.3) is 0 Å². The number of sulfonamides is 1. The molecule has 1 amide bonds. The van der Waals surface area contributed by atoms with Crippen LogP contribution in [0.2, 0.25) is 5.02 Å². The SMILES string of the molecule is COc1ccc(S(=O)(=O)NC(Cc2ccccc2)C(=O)NCc2ccccn2)cc1Cl. The predicted molar refractivity (Wildman–Crippen MR) is 118 cm³/mol. The molecular weight excluding hydrogens is 438 g/mol. The monoisotopic (exact) mass is 459 g/mol. The van der Waals surface area contributed by atoms with E-state index in [0.29, 0.717) is 11.4 Å². The van der Waals surface area contributed by atoms with Gasteiger partial charge in [-0.3, -0.25) is 9.78 Å². The number of pyridine rings is 1. The molecule has 9 heteroatoms. The molecule has 0 radical (unpaired) electrons. The summed E-state index contributed by atoms with van der Waals surface area (Å²) in [6, 6.07) is 17.6. The molecule has 31 heavy (non-hydrogen) atoms. The highest BCUT2D eigenvalue weighted by atomic mass is 35.5. The lowest BCUT2D eigenvalue weighted by Gasteiger charge is -2.19. The maximum atomic E-state index is 13.0. The van der Waals surface area contributed by atoms with E-state index in [1.54, 1.807) is 18.3 Å². The average Bonchev–Trinajstić information content (AvgIpc) is 2.78. The van der Waals surface area contributed by atoms with Crippen molar-refractivity contribution in [1.82, 2.24) is 15.0 Å². The summed E-state index contributed by atoms with van der Waals surface area (Å²) >= 11 is 6.08. The van der Waals surface area contributed by atoms with Crippen LogP contribution in [0.25, 0.3) is 0 Å². The summed E-state index contributed by atoms with van der Waals surface area (Å²) < 4.78 is 33.5. The van der Waals surface area contributed by atoms with Crippen molar-refractivity contribution >= 4 is 27.5 Å². The molecule has 3 rings (SSSR count). The zero-order chi connectivity index (χ0) is 22.3. The first-order valence-corrected chi connectivity index (χ1v) is 11.3. The van der Waals surface area contributed by atoms with Crippen LogP contribution in [-0.4, -0.2) is 32.5 Å². The van der Waals surface area contributed by atoms with Gasteiger partial charge in [-0.2, -0.15) is 4.72 Å². The Morgan fingerprint density at radius 2 is 1.84 bits per heavy atom. The number of nitrogens with zero attached hydrogens (tertiary/aromatic N) is 1. The second-order valence-corrected chi connectivity index (χ2v) is 8.82. The zero-order valence-corrected chi connectivity index (χ0v) is 18.4. The number of benzene rings is 2. The maximum absolute atomic E-state index is 13.0. The van der Waals surface area contributed by atoms with Crippen LogP contribution in [0.4, 0.5) is 0 Å². The molecule has 7 nitrogen and oxygen atoms in total. The molecule has 1 heterocycles. The van der Waals surface area contributed by atoms with Gasteiger partial charge in [0, 0.05) is 6.20 Å². The summed E-state index contributed by atoms with van der Waals surface area (Å²) in [6.45, 7) is 0.182. The Balaban J connectivity index is 1.81. The molecule has 0 aliphatic rings. The lowest BCUT2D eigenvalue weighted by molar-refractivity contribution is -0.122. The van der Waals surface area contributed by atoms with E-state index in [-0.39, 0.29) is 22.9 Å². The molecule has 0 saturated carbocycles. The average molecular weight is 460 g/mol. The fourth-order valence-electron chi connectivity index (χ4n) is 2.91. The minimum Gasteiger partial charge on any atom is -0.495 e. The highest BCUT2D eigenvalue weighted by Crippen LogP contribution is 2.27. The van der Waals surface area contributed by atoms with Gasteiger partial charge in [0.2, 0.25) is 15.9 Å². The number of halogens is 1. The zero-order valence-electron chi connectivity index (χ0n) is 16.8. The molecule has 0 saturated heterocycles. The third-order valence-electron chi connectivity index (χ3n) is 4.50. The Bertz CT molecular complexity index is 1130. The first kappa shape index (κ1) is 22.7. The Morgan fingerprint density at radius 3 is 2.48 bits per heavy atom. The molecule has 1 atom stereocenters. The molecule has 0 bridgehead atoms. The van der Waals surface area contributed by atoms with Gasteiger partial charge in [-0.15, -0.1) is 0 Å². The molecule has 1 aromatic heterocycles. The summed E-state index contributed by atoms with van der Waals surface area (Å²) in [5.41, 5.74) is 1.48. The third-order valence-corrected chi connectivity index (χ3v) is 6.26. The summed E-state index contributed by atoms with van der Waals surface area (Å²) in [5, 5.41) is 2.91. The number of carbonyl (C=O) groups is 1. The smallest absolute Gasteiger partial charge is 0.241 e. The summed E-state index contributed by atoms with van der Waals surface area (Å²) in [7, 11) is -2.58. The number of amides is 1. The molecule has 2 aromatic carbocycles. The van der Waals surface area contributed by atoms with Crippen molar-refractivity contribution in [3.8, 4) is 5.75 Å². The number of rotatable bonds is 9. The van der Waals surface area contributed by atoms with Gasteiger partial charge in [-0.05, 0) is 42.3 Å². The van der Waals surface area contributed by atoms with Crippen LogP contribution in [-0.2, 0) is 27.8 Å². The van der Waals surface area contributed by atoms with Crippen LogP contribution < -0.4 is 14.8 Å². The maximum Gasteiger partial charge on any atom is 0.241 e. The second-order valence-electron chi connectivity index (χ2n) is 6.70. The van der Waals surface area contributed by atoms with Gasteiger partial charge >= 0.3 is 0 Å². The van der Waals surface area contributed by atoms with Crippen molar-refractivity contribution in [2.45, 2.75) is 23.9 Å². The summed E-state index contributed by atoms with van der Waals surface area (Å²) in [4.78, 5) is 17.0. The number of hydrogen-bond donors (Lipinski definition) is 2. The van der Waals surface area contributed by atoms with E-state index in [4.69, 9.17) is 16.3 Å². The predicted octanol–water partition coefficient (Wildman–Crippen LogP) is 2.95. The van der Waals surface area contributed by atoms with Crippen molar-refractivity contribution in [1.29, 1.82) is 0 Å². The van der Waals surface area contributed by atoms with Crippen molar-refractivity contribution < 1.29 is 17.9 Å². The highest BCUT2D eigenvalue weighted by Gasteiger charge is 2.26. The van der Waals surface area contributed by atoms with E-state index >= 15 is 0 Å². The minimum atomic E-state index is -4.02. The fraction of sp³-hybridized carbons (Fsp3) is 0.182. The first-order chi connectivity index (χ1) is 14.9. The first-order valence-electron chi connectivity index (χ1n) is 9.46. The van der Waals surface area contributed by atoms with Crippen LogP contribution in [0.5, 0.6) is 5.75 Å². The Hall–Kier alpha value is -2.94. The molecule has 3 aromatic rings. The van der Waals surface area contributed by atoms with Gasteiger partial charge < -0.3 is 10.1 Å². The van der Waals surface area contributed by atoms with E-state index in [0.717, 1.165) is 5.56 Å². The third kappa shape index (κ3) is 6.27. The van der Waals surface area contributed by atoms with Crippen LogP contribution in [0, 0.1) is 0 Å². The number of methoxy groups -OCH3 is 1. The van der Waals surface area contributed by atoms with E-state index < -0.39 is 22.0 Å². The summed E-state index contributed by atoms with van der Waals surface area (Å²) in [5.74, 6) is -0.104. The second kappa shape index (κ2) is 10.4. The van der Waals surface area contributed by atoms with Gasteiger partial charge in [0.1, 0.15) is 11.8 Å². The molecule has 0 aliphatic heterocycles. The van der Waals surface area contributed by atoms with Gasteiger partial charge in [0.05, 0.1) is 29.3 Å². The lowest BCUT2D eigenvalue weighted by Crippen LogP contribution is -2.47. The van der Waals surface area contributed by atoms with Crippen molar-refractivity contribution in [2.24, 2.45) is 0 Å². The largest absolute Gasteiger partial charge is 0.495 e. The van der Waals surface area contributed by atoms with Crippen molar-refractivity contribution in [2.75, 3.05) is 7.11 Å². The Labute approximate surface area is 186 Å². The number of nitrogens with one attached hydrogen (secondary N) is 2. The molecule has 0 fully saturated rings. The lowest BCUT2D eigenvalue weighted by atomic mass is 10.1. The van der Waals surface area contributed by atoms with Crippen LogP contribution >= 0.6 is 11.6 Å². The van der Waals surface area contributed by atoms with Crippen LogP contribution in [0.15, 0.2) is 77.8 Å². The van der Waals surface area contributed by atoms with Crippen LogP contribution in [0.3, 0.4) is 0 Å². The molecule has 162 valence electrons. The fourth-order valence-corrected chi connectivity index (χ4v) is 4.45. The number of ether oxygens (including phenoxy) is 1. The standard InChI is InChI=1S/C22H22ClN3O4S/c1-30-21-11-10-18(14-19(21)23)31(28,29)26-20(13-16-7-3-2-4-8-16)22(27)25-15-17-9-5-6-12-24-17/h2-12,14,20,26H,13,15H2,1H3,(H,25,27). The van der Waals surface area contributed by atoms with E-state index in [9.17, 15) is 13.2 Å². The molecular formula is C22H22ClN3O4S. The molecule has 2 N–H and O–H groups in total. The van der Waals surface area contributed by atoms with Crippen molar-refractivity contribution in [3.05, 3.63) is 89.2 Å². The molecule has 0 aliphatic carbocycles. The van der Waals surface area contributed by atoms with Gasteiger partial charge in [-0.25, -0.2) is 8.42 Å². The Morgan fingerprint density at radius 1 is 1.10 bits per heavy atom.